The van der Waals surface area contributed by atoms with Gasteiger partial charge in [0.05, 0.1) is 6.54 Å². The maximum atomic E-state index is 13.8. The predicted molar refractivity (Wildman–Crippen MR) is 142 cm³/mol. The smallest absolute Gasteiger partial charge is 0.410 e. The summed E-state index contributed by atoms with van der Waals surface area (Å²) in [7, 11) is 1.48. The monoisotopic (exact) mass is 566 g/mol. The number of likely N-dealkylation sites (N-methyl/N-ethyl adjacent to an activating group) is 1. The minimum absolute atomic E-state index is 0.0783. The van der Waals surface area contributed by atoms with Gasteiger partial charge in [-0.25, -0.2) is 18.4 Å². The van der Waals surface area contributed by atoms with Crippen LogP contribution < -0.4 is 10.6 Å². The highest BCUT2D eigenvalue weighted by atomic mass is 19.3. The number of likely N-dealkylation sites (tertiary alicyclic amines) is 1. The molecule has 1 aromatic carbocycles. The van der Waals surface area contributed by atoms with Crippen LogP contribution in [-0.4, -0.2) is 84.1 Å². The van der Waals surface area contributed by atoms with Gasteiger partial charge in [0.1, 0.15) is 24.8 Å². The molecule has 2 N–H and O–H groups in total. The second kappa shape index (κ2) is 13.3. The Bertz CT molecular complexity index is 1040. The van der Waals surface area contributed by atoms with Gasteiger partial charge in [0, 0.05) is 26.1 Å². The lowest BCUT2D eigenvalue weighted by Gasteiger charge is -2.36. The molecular formula is C28H40F2N4O6. The van der Waals surface area contributed by atoms with E-state index in [0.29, 0.717) is 25.7 Å². The highest BCUT2D eigenvalue weighted by Gasteiger charge is 2.44. The van der Waals surface area contributed by atoms with Crippen molar-refractivity contribution in [1.29, 1.82) is 0 Å². The number of ether oxygens (including phenoxy) is 2. The Morgan fingerprint density at radius 2 is 1.75 bits per heavy atom. The van der Waals surface area contributed by atoms with E-state index in [1.165, 1.54) is 11.9 Å². The number of carbonyl (C=O) groups excluding carboxylic acids is 4. The third kappa shape index (κ3) is 9.63. The van der Waals surface area contributed by atoms with Crippen LogP contribution in [0.1, 0.15) is 58.4 Å². The van der Waals surface area contributed by atoms with Gasteiger partial charge < -0.3 is 29.9 Å². The molecule has 0 spiro atoms. The Labute approximate surface area is 233 Å². The number of amides is 4. The second-order valence-electron chi connectivity index (χ2n) is 11.6. The number of halogens is 2. The minimum Gasteiger partial charge on any atom is -0.445 e. The van der Waals surface area contributed by atoms with Gasteiger partial charge in [-0.3, -0.25) is 9.59 Å². The molecule has 0 unspecified atom stereocenters. The molecule has 12 heteroatoms. The number of alkyl carbamates (subject to hydrolysis) is 1. The van der Waals surface area contributed by atoms with E-state index in [-0.39, 0.29) is 37.6 Å². The van der Waals surface area contributed by atoms with Gasteiger partial charge in [-0.15, -0.1) is 0 Å². The number of benzene rings is 1. The summed E-state index contributed by atoms with van der Waals surface area (Å²) in [6.45, 7) is 4.24. The first-order valence-corrected chi connectivity index (χ1v) is 13.6. The summed E-state index contributed by atoms with van der Waals surface area (Å²) in [5.41, 5.74) is 0.0448. The highest BCUT2D eigenvalue weighted by molar-refractivity contribution is 5.86. The van der Waals surface area contributed by atoms with Crippen LogP contribution >= 0.6 is 0 Å². The van der Waals surface area contributed by atoms with Crippen LogP contribution in [0.5, 0.6) is 0 Å². The summed E-state index contributed by atoms with van der Waals surface area (Å²) >= 11 is 0. The average Bonchev–Trinajstić information content (AvgIpc) is 3.25. The molecule has 1 atom stereocenters. The van der Waals surface area contributed by atoms with Crippen molar-refractivity contribution < 1.29 is 37.4 Å². The third-order valence-corrected chi connectivity index (χ3v) is 6.93. The third-order valence-electron chi connectivity index (χ3n) is 6.93. The van der Waals surface area contributed by atoms with Crippen LogP contribution in [0.25, 0.3) is 0 Å². The zero-order chi connectivity index (χ0) is 29.5. The standard InChI is InChI=1S/C28H40F2N4O6/c1-27(2,3)40-25(37)32-23(24(36)34-15-14-28(29,30)18-34)20-10-12-21(13-11-20)31-22(35)16-33(4)26(38)39-17-19-8-6-5-7-9-19/h5-9,20-21,23H,10-18H2,1-4H3,(H,31,35)(H,32,37)/t20-,21-,23-/m0/s1. The van der Waals surface area contributed by atoms with Gasteiger partial charge in [-0.1, -0.05) is 30.3 Å². The second-order valence-corrected chi connectivity index (χ2v) is 11.6. The van der Waals surface area contributed by atoms with Crippen molar-refractivity contribution in [3.63, 3.8) is 0 Å². The van der Waals surface area contributed by atoms with E-state index in [9.17, 15) is 28.0 Å². The Balaban J connectivity index is 1.50. The lowest BCUT2D eigenvalue weighted by Crippen LogP contribution is -2.54. The molecule has 1 aliphatic carbocycles. The van der Waals surface area contributed by atoms with Crippen LogP contribution in [0, 0.1) is 5.92 Å². The Morgan fingerprint density at radius 3 is 2.33 bits per heavy atom. The molecule has 0 radical (unpaired) electrons. The quantitative estimate of drug-likeness (QED) is 0.496. The van der Waals surface area contributed by atoms with Crippen LogP contribution in [0.15, 0.2) is 30.3 Å². The molecule has 1 aromatic rings. The molecule has 2 aliphatic rings. The SMILES string of the molecule is CN(CC(=O)N[C@H]1CC[C@H]([C@H](NC(=O)OC(C)(C)C)C(=O)N2CCC(F)(F)C2)CC1)C(=O)OCc1ccccc1. The molecule has 4 amide bonds. The molecule has 0 aromatic heterocycles. The molecule has 222 valence electrons. The first-order valence-electron chi connectivity index (χ1n) is 13.6. The summed E-state index contributed by atoms with van der Waals surface area (Å²) in [6.07, 6.45) is 0.194. The fourth-order valence-corrected chi connectivity index (χ4v) is 4.92. The number of hydrogen-bond donors (Lipinski definition) is 2. The molecule has 10 nitrogen and oxygen atoms in total. The summed E-state index contributed by atoms with van der Waals surface area (Å²) in [4.78, 5) is 52.8. The first kappa shape index (κ1) is 31.1. The minimum atomic E-state index is -2.95. The number of nitrogens with zero attached hydrogens (tertiary/aromatic N) is 2. The molecule has 40 heavy (non-hydrogen) atoms. The van der Waals surface area contributed by atoms with E-state index >= 15 is 0 Å². The molecule has 3 rings (SSSR count). The van der Waals surface area contributed by atoms with Crippen LogP contribution in [0.3, 0.4) is 0 Å². The van der Waals surface area contributed by atoms with Crippen molar-refractivity contribution in [3.8, 4) is 0 Å². The molecule has 1 saturated heterocycles. The first-order chi connectivity index (χ1) is 18.7. The van der Waals surface area contributed by atoms with Gasteiger partial charge in [0.2, 0.25) is 11.8 Å². The fourth-order valence-electron chi connectivity index (χ4n) is 4.92. The number of carbonyl (C=O) groups is 4. The van der Waals surface area contributed by atoms with Gasteiger partial charge in [-0.05, 0) is 57.9 Å². The molecule has 1 aliphatic heterocycles. The van der Waals surface area contributed by atoms with E-state index < -0.39 is 48.6 Å². The van der Waals surface area contributed by atoms with Crippen molar-refractivity contribution in [2.24, 2.45) is 5.92 Å². The van der Waals surface area contributed by atoms with Crippen molar-refractivity contribution >= 4 is 24.0 Å². The summed E-state index contributed by atoms with van der Waals surface area (Å²) in [6, 6.07) is 8.00. The zero-order valence-electron chi connectivity index (χ0n) is 23.6. The Hall–Kier alpha value is -3.44. The van der Waals surface area contributed by atoms with Crippen molar-refractivity contribution in [3.05, 3.63) is 35.9 Å². The van der Waals surface area contributed by atoms with Crippen molar-refractivity contribution in [2.45, 2.75) is 83.1 Å². The van der Waals surface area contributed by atoms with E-state index in [1.807, 2.05) is 30.3 Å². The summed E-state index contributed by atoms with van der Waals surface area (Å²) < 4.78 is 38.2. The van der Waals surface area contributed by atoms with Crippen molar-refractivity contribution in [2.75, 3.05) is 26.7 Å². The van der Waals surface area contributed by atoms with Crippen molar-refractivity contribution in [1.82, 2.24) is 20.4 Å². The zero-order valence-corrected chi connectivity index (χ0v) is 23.6. The molecular weight excluding hydrogens is 526 g/mol. The molecule has 2 fully saturated rings. The maximum absolute atomic E-state index is 13.8. The topological polar surface area (TPSA) is 117 Å². The van der Waals surface area contributed by atoms with Gasteiger partial charge in [-0.2, -0.15) is 0 Å². The molecule has 1 saturated carbocycles. The molecule has 0 bridgehead atoms. The summed E-state index contributed by atoms with van der Waals surface area (Å²) in [5, 5.41) is 5.53. The number of hydrogen-bond acceptors (Lipinski definition) is 6. The van der Waals surface area contributed by atoms with E-state index in [1.54, 1.807) is 20.8 Å². The van der Waals surface area contributed by atoms with Crippen LogP contribution in [0.4, 0.5) is 18.4 Å². The highest BCUT2D eigenvalue weighted by Crippen LogP contribution is 2.31. The molecule has 1 heterocycles. The largest absolute Gasteiger partial charge is 0.445 e. The van der Waals surface area contributed by atoms with Gasteiger partial charge >= 0.3 is 12.2 Å². The van der Waals surface area contributed by atoms with E-state index in [2.05, 4.69) is 10.6 Å². The number of rotatable bonds is 8. The van der Waals surface area contributed by atoms with E-state index in [4.69, 9.17) is 9.47 Å². The van der Waals surface area contributed by atoms with Gasteiger partial charge in [0.15, 0.2) is 0 Å². The number of nitrogens with one attached hydrogen (secondary N) is 2. The normalized spacial score (nSPS) is 21.2. The Kier molecular flexibility index (Phi) is 10.3. The lowest BCUT2D eigenvalue weighted by molar-refractivity contribution is -0.136. The van der Waals surface area contributed by atoms with Crippen LogP contribution in [-0.2, 0) is 25.7 Å². The average molecular weight is 567 g/mol. The fraction of sp³-hybridized carbons (Fsp3) is 0.643. The van der Waals surface area contributed by atoms with E-state index in [0.717, 1.165) is 10.5 Å². The lowest BCUT2D eigenvalue weighted by atomic mass is 9.81. The predicted octanol–water partition coefficient (Wildman–Crippen LogP) is 3.69. The Morgan fingerprint density at radius 1 is 1.10 bits per heavy atom. The van der Waals surface area contributed by atoms with Gasteiger partial charge in [0.25, 0.3) is 5.92 Å². The van der Waals surface area contributed by atoms with Crippen LogP contribution in [0.2, 0.25) is 0 Å². The summed E-state index contributed by atoms with van der Waals surface area (Å²) in [5.74, 6) is -4.15. The maximum Gasteiger partial charge on any atom is 0.410 e. The number of alkyl halides is 2.